The number of hydrogen-bond acceptors (Lipinski definition) is 4. The number of hydrogen-bond donors (Lipinski definition) is 0. The molecule has 0 atom stereocenters. The highest BCUT2D eigenvalue weighted by Gasteiger charge is 2.20. The van der Waals surface area contributed by atoms with Crippen LogP contribution in [0.3, 0.4) is 0 Å². The zero-order valence-electron chi connectivity index (χ0n) is 24.3. The van der Waals surface area contributed by atoms with Crippen LogP contribution in [0.4, 0.5) is 11.4 Å². The fourth-order valence-electron chi connectivity index (χ4n) is 7.07. The van der Waals surface area contributed by atoms with Crippen molar-refractivity contribution in [1.29, 1.82) is 0 Å². The second kappa shape index (κ2) is 10.1. The lowest BCUT2D eigenvalue weighted by atomic mass is 9.96. The summed E-state index contributed by atoms with van der Waals surface area (Å²) in [5.74, 6) is 0. The number of anilines is 2. The molecular weight excluding hydrogens is 536 g/mol. The highest BCUT2D eigenvalue weighted by atomic mass is 15.1. The molecule has 0 aliphatic carbocycles. The van der Waals surface area contributed by atoms with Gasteiger partial charge in [-0.25, -0.2) is 0 Å². The highest BCUT2D eigenvalue weighted by Crippen LogP contribution is 2.37. The summed E-state index contributed by atoms with van der Waals surface area (Å²) in [5, 5.41) is 2.24. The first kappa shape index (κ1) is 25.1. The molecule has 4 nitrogen and oxygen atoms in total. The van der Waals surface area contributed by atoms with Crippen molar-refractivity contribution in [3.63, 3.8) is 0 Å². The molecule has 9 rings (SSSR count). The van der Waals surface area contributed by atoms with Crippen molar-refractivity contribution in [2.75, 3.05) is 9.80 Å². The molecule has 44 heavy (non-hydrogen) atoms. The van der Waals surface area contributed by atoms with Crippen LogP contribution < -0.4 is 9.80 Å². The largest absolute Gasteiger partial charge is 0.363 e. The first-order chi connectivity index (χ1) is 21.8. The molecule has 4 heterocycles. The monoisotopic (exact) mass is 566 g/mol. The second-order valence-corrected chi connectivity index (χ2v) is 11.9. The minimum absolute atomic E-state index is 0.937. The summed E-state index contributed by atoms with van der Waals surface area (Å²) < 4.78 is 0. The molecule has 0 amide bonds. The van der Waals surface area contributed by atoms with Gasteiger partial charge in [0.2, 0.25) is 0 Å². The Morgan fingerprint density at radius 1 is 0.386 bits per heavy atom. The zero-order valence-corrected chi connectivity index (χ0v) is 24.3. The van der Waals surface area contributed by atoms with E-state index >= 15 is 0 Å². The summed E-state index contributed by atoms with van der Waals surface area (Å²) in [5.41, 5.74) is 14.8. The lowest BCUT2D eigenvalue weighted by molar-refractivity contribution is 0.881. The van der Waals surface area contributed by atoms with Crippen LogP contribution in [0.15, 0.2) is 134 Å². The Morgan fingerprint density at radius 3 is 1.11 bits per heavy atom. The van der Waals surface area contributed by atoms with Crippen LogP contribution in [0.5, 0.6) is 0 Å². The normalized spacial score (nSPS) is 13.9. The van der Waals surface area contributed by atoms with Gasteiger partial charge in [-0.15, -0.1) is 0 Å². The smallest absolute Gasteiger partial charge is 0.0970 e. The molecule has 7 aromatic rings. The number of fused-ring (bicyclic) bond motifs is 5. The Labute approximate surface area is 256 Å². The van der Waals surface area contributed by atoms with Gasteiger partial charge in [-0.05, 0) is 80.9 Å². The number of benzene rings is 5. The van der Waals surface area contributed by atoms with Crippen molar-refractivity contribution in [3.05, 3.63) is 156 Å². The van der Waals surface area contributed by atoms with Crippen LogP contribution in [0, 0.1) is 0 Å². The van der Waals surface area contributed by atoms with Crippen LogP contribution >= 0.6 is 0 Å². The third-order valence-corrected chi connectivity index (χ3v) is 9.39. The van der Waals surface area contributed by atoms with Gasteiger partial charge in [0.1, 0.15) is 0 Å². The quantitative estimate of drug-likeness (QED) is 0.199. The molecule has 0 saturated heterocycles. The summed E-state index contributed by atoms with van der Waals surface area (Å²) in [7, 11) is 0. The molecule has 0 unspecified atom stereocenters. The minimum atomic E-state index is 0.937. The predicted molar refractivity (Wildman–Crippen MR) is 181 cm³/mol. The molecule has 0 radical (unpaired) electrons. The lowest BCUT2D eigenvalue weighted by Crippen LogP contribution is -2.14. The summed E-state index contributed by atoms with van der Waals surface area (Å²) in [6, 6.07) is 44.1. The highest BCUT2D eigenvalue weighted by molar-refractivity contribution is 6.11. The Kier molecular flexibility index (Phi) is 5.73. The number of rotatable bonds is 4. The van der Waals surface area contributed by atoms with E-state index in [2.05, 4.69) is 131 Å². The van der Waals surface area contributed by atoms with Gasteiger partial charge in [0.25, 0.3) is 0 Å². The van der Waals surface area contributed by atoms with E-state index in [0.29, 0.717) is 0 Å². The fourth-order valence-corrected chi connectivity index (χ4v) is 7.07. The van der Waals surface area contributed by atoms with Gasteiger partial charge in [0.05, 0.1) is 11.0 Å². The SMILES string of the molecule is c1ccc2c(c1)CN(c1ccc(-c3ccnc4c3ccc3c(-c5ccc(N6Cc7ccccc7C6)cc5)ccnc34)cc1)C2. The first-order valence-corrected chi connectivity index (χ1v) is 15.3. The van der Waals surface area contributed by atoms with Gasteiger partial charge in [0.15, 0.2) is 0 Å². The molecule has 4 heteroatoms. The maximum atomic E-state index is 4.84. The van der Waals surface area contributed by atoms with Gasteiger partial charge in [0, 0.05) is 60.7 Å². The second-order valence-electron chi connectivity index (χ2n) is 11.9. The van der Waals surface area contributed by atoms with Crippen molar-refractivity contribution in [3.8, 4) is 22.3 Å². The van der Waals surface area contributed by atoms with E-state index in [1.807, 2.05) is 12.4 Å². The maximum absolute atomic E-state index is 4.84. The van der Waals surface area contributed by atoms with E-state index in [0.717, 1.165) is 48.0 Å². The summed E-state index contributed by atoms with van der Waals surface area (Å²) in [6.07, 6.45) is 3.83. The van der Waals surface area contributed by atoms with E-state index < -0.39 is 0 Å². The molecular formula is C40H30N4. The fraction of sp³-hybridized carbons (Fsp3) is 0.100. The zero-order chi connectivity index (χ0) is 29.0. The summed E-state index contributed by atoms with van der Waals surface area (Å²) in [4.78, 5) is 14.6. The van der Waals surface area contributed by atoms with Crippen molar-refractivity contribution in [2.24, 2.45) is 0 Å². The van der Waals surface area contributed by atoms with Gasteiger partial charge >= 0.3 is 0 Å². The number of aromatic nitrogens is 2. The Morgan fingerprint density at radius 2 is 0.750 bits per heavy atom. The van der Waals surface area contributed by atoms with Crippen LogP contribution in [-0.2, 0) is 26.2 Å². The van der Waals surface area contributed by atoms with Crippen molar-refractivity contribution < 1.29 is 0 Å². The van der Waals surface area contributed by atoms with Crippen LogP contribution in [0.2, 0.25) is 0 Å². The minimum Gasteiger partial charge on any atom is -0.363 e. The molecule has 5 aromatic carbocycles. The summed E-state index contributed by atoms with van der Waals surface area (Å²) in [6.45, 7) is 3.85. The summed E-state index contributed by atoms with van der Waals surface area (Å²) >= 11 is 0. The first-order valence-electron chi connectivity index (χ1n) is 15.3. The molecule has 0 bridgehead atoms. The third-order valence-electron chi connectivity index (χ3n) is 9.39. The molecule has 2 aliphatic rings. The Bertz CT molecular complexity index is 1980. The van der Waals surface area contributed by atoms with E-state index in [1.165, 1.54) is 55.9 Å². The lowest BCUT2D eigenvalue weighted by Gasteiger charge is -2.19. The van der Waals surface area contributed by atoms with E-state index in [4.69, 9.17) is 9.97 Å². The van der Waals surface area contributed by atoms with Gasteiger partial charge in [-0.2, -0.15) is 0 Å². The van der Waals surface area contributed by atoms with Crippen LogP contribution in [-0.4, -0.2) is 9.97 Å². The molecule has 2 aliphatic heterocycles. The van der Waals surface area contributed by atoms with Gasteiger partial charge < -0.3 is 9.80 Å². The van der Waals surface area contributed by atoms with E-state index in [1.54, 1.807) is 0 Å². The molecule has 210 valence electrons. The third kappa shape index (κ3) is 4.14. The van der Waals surface area contributed by atoms with Crippen molar-refractivity contribution in [2.45, 2.75) is 26.2 Å². The van der Waals surface area contributed by atoms with Gasteiger partial charge in [-0.1, -0.05) is 84.9 Å². The molecule has 0 fully saturated rings. The van der Waals surface area contributed by atoms with Crippen molar-refractivity contribution in [1.82, 2.24) is 9.97 Å². The van der Waals surface area contributed by atoms with E-state index in [9.17, 15) is 0 Å². The molecule has 2 aromatic heterocycles. The molecule has 0 spiro atoms. The van der Waals surface area contributed by atoms with E-state index in [-0.39, 0.29) is 0 Å². The predicted octanol–water partition coefficient (Wildman–Crippen LogP) is 9.16. The van der Waals surface area contributed by atoms with Crippen LogP contribution in [0.1, 0.15) is 22.3 Å². The number of nitrogens with zero attached hydrogens (tertiary/aromatic N) is 4. The van der Waals surface area contributed by atoms with Crippen molar-refractivity contribution >= 4 is 33.2 Å². The topological polar surface area (TPSA) is 32.3 Å². The average Bonchev–Trinajstić information content (AvgIpc) is 3.73. The Hall–Kier alpha value is -5.48. The van der Waals surface area contributed by atoms with Crippen LogP contribution in [0.25, 0.3) is 44.1 Å². The van der Waals surface area contributed by atoms with Gasteiger partial charge in [-0.3, -0.25) is 9.97 Å². The Balaban J connectivity index is 1.03. The maximum Gasteiger partial charge on any atom is 0.0970 e. The standard InChI is InChI=1S/C40H30N4/c1-2-6-30-24-43(23-29(30)5-1)33-13-9-27(10-14-33)35-19-21-41-39-37(35)17-18-38-36(20-22-42-40(38)39)28-11-15-34(16-12-28)44-25-31-7-3-4-8-32(31)26-44/h1-22H,23-26H2. The average molecular weight is 567 g/mol. The molecule has 0 N–H and O–H groups in total. The number of pyridine rings is 2. The molecule has 0 saturated carbocycles.